The van der Waals surface area contributed by atoms with Crippen LogP contribution in [0.2, 0.25) is 0 Å². The first kappa shape index (κ1) is 13.0. The fourth-order valence-corrected chi connectivity index (χ4v) is 1.80. The van der Waals surface area contributed by atoms with Crippen LogP contribution in [0.3, 0.4) is 0 Å². The molecule has 0 bridgehead atoms. The highest BCUT2D eigenvalue weighted by atomic mass is 127. The van der Waals surface area contributed by atoms with E-state index in [4.69, 9.17) is 4.74 Å². The van der Waals surface area contributed by atoms with Crippen molar-refractivity contribution < 1.29 is 9.53 Å². The molecule has 1 aromatic carbocycles. The first-order valence-electron chi connectivity index (χ1n) is 4.84. The minimum Gasteiger partial charge on any atom is -0.496 e. The lowest BCUT2D eigenvalue weighted by Crippen LogP contribution is -2.17. The van der Waals surface area contributed by atoms with Crippen LogP contribution in [-0.4, -0.2) is 19.2 Å². The first-order chi connectivity index (χ1) is 7.69. The van der Waals surface area contributed by atoms with Gasteiger partial charge in [-0.2, -0.15) is 5.10 Å². The molecule has 0 heterocycles. The van der Waals surface area contributed by atoms with E-state index in [0.717, 1.165) is 15.7 Å². The van der Waals surface area contributed by atoms with Gasteiger partial charge in [-0.3, -0.25) is 4.79 Å². The molecule has 0 radical (unpaired) electrons. The molecular formula is C11H13IN2O2. The van der Waals surface area contributed by atoms with Gasteiger partial charge in [0.2, 0.25) is 0 Å². The zero-order chi connectivity index (χ0) is 12.0. The van der Waals surface area contributed by atoms with Crippen LogP contribution in [0.5, 0.6) is 5.75 Å². The number of amides is 1. The fourth-order valence-electron chi connectivity index (χ4n) is 1.07. The topological polar surface area (TPSA) is 50.7 Å². The number of ether oxygens (including phenoxy) is 1. The van der Waals surface area contributed by atoms with E-state index in [-0.39, 0.29) is 5.91 Å². The van der Waals surface area contributed by atoms with Crippen molar-refractivity contribution >= 4 is 34.7 Å². The van der Waals surface area contributed by atoms with E-state index in [1.54, 1.807) is 31.5 Å². The molecule has 1 N–H and O–H groups in total. The van der Waals surface area contributed by atoms with Gasteiger partial charge in [-0.1, -0.05) is 6.92 Å². The van der Waals surface area contributed by atoms with Crippen molar-refractivity contribution in [1.29, 1.82) is 0 Å². The highest BCUT2D eigenvalue weighted by Crippen LogP contribution is 2.21. The maximum Gasteiger partial charge on any atom is 0.271 e. The van der Waals surface area contributed by atoms with Crippen molar-refractivity contribution in [2.75, 3.05) is 7.11 Å². The number of hydrazone groups is 1. The second-order valence-electron chi connectivity index (χ2n) is 3.01. The van der Waals surface area contributed by atoms with Crippen molar-refractivity contribution in [1.82, 2.24) is 5.43 Å². The Labute approximate surface area is 108 Å². The molecule has 0 saturated carbocycles. The number of nitrogens with one attached hydrogen (secondary N) is 1. The molecule has 0 aliphatic heterocycles. The van der Waals surface area contributed by atoms with Gasteiger partial charge < -0.3 is 4.74 Å². The molecular weight excluding hydrogens is 319 g/mol. The van der Waals surface area contributed by atoms with E-state index in [0.29, 0.717) is 5.56 Å². The zero-order valence-corrected chi connectivity index (χ0v) is 11.3. The number of halogens is 1. The number of carbonyl (C=O) groups excluding carboxylic acids is 1. The van der Waals surface area contributed by atoms with Crippen LogP contribution < -0.4 is 10.2 Å². The third kappa shape index (κ3) is 3.48. The van der Waals surface area contributed by atoms with Crippen LogP contribution in [0.1, 0.15) is 23.7 Å². The highest BCUT2D eigenvalue weighted by Gasteiger charge is 2.07. The zero-order valence-electron chi connectivity index (χ0n) is 9.16. The SMILES string of the molecule is CC/C=N/NC(=O)c1ccc(OC)c(I)c1. The Morgan fingerprint density at radius 3 is 2.94 bits per heavy atom. The number of hydrogen-bond donors (Lipinski definition) is 1. The van der Waals surface area contributed by atoms with Crippen molar-refractivity contribution in [3.05, 3.63) is 27.3 Å². The lowest BCUT2D eigenvalue weighted by atomic mass is 10.2. The third-order valence-corrected chi connectivity index (χ3v) is 2.70. The number of rotatable bonds is 4. The predicted molar refractivity (Wildman–Crippen MR) is 72.0 cm³/mol. The van der Waals surface area contributed by atoms with Crippen molar-refractivity contribution in [3.8, 4) is 5.75 Å². The van der Waals surface area contributed by atoms with Gasteiger partial charge in [0.25, 0.3) is 5.91 Å². The molecule has 1 amide bonds. The van der Waals surface area contributed by atoms with Crippen LogP contribution in [0.4, 0.5) is 0 Å². The number of benzene rings is 1. The first-order valence-corrected chi connectivity index (χ1v) is 5.92. The number of methoxy groups -OCH3 is 1. The second kappa shape index (κ2) is 6.47. The molecule has 0 aromatic heterocycles. The molecule has 0 spiro atoms. The molecule has 1 aromatic rings. The maximum absolute atomic E-state index is 11.6. The van der Waals surface area contributed by atoms with E-state index < -0.39 is 0 Å². The van der Waals surface area contributed by atoms with E-state index in [2.05, 4.69) is 33.1 Å². The van der Waals surface area contributed by atoms with Gasteiger partial charge in [-0.05, 0) is 47.2 Å². The number of hydrogen-bond acceptors (Lipinski definition) is 3. The Kier molecular flexibility index (Phi) is 5.24. The summed E-state index contributed by atoms with van der Waals surface area (Å²) in [7, 11) is 1.60. The molecule has 5 heteroatoms. The van der Waals surface area contributed by atoms with Crippen LogP contribution in [0, 0.1) is 3.57 Å². The standard InChI is InChI=1S/C11H13IN2O2/c1-3-6-13-14-11(15)8-4-5-10(16-2)9(12)7-8/h4-7H,3H2,1-2H3,(H,14,15)/b13-6+. The monoisotopic (exact) mass is 332 g/mol. The lowest BCUT2D eigenvalue weighted by Gasteiger charge is -2.05. The third-order valence-electron chi connectivity index (χ3n) is 1.85. The summed E-state index contributed by atoms with van der Waals surface area (Å²) >= 11 is 2.12. The van der Waals surface area contributed by atoms with Crippen LogP contribution in [0.15, 0.2) is 23.3 Å². The second-order valence-corrected chi connectivity index (χ2v) is 4.17. The van der Waals surface area contributed by atoms with Crippen molar-refractivity contribution in [2.24, 2.45) is 5.10 Å². The fraction of sp³-hybridized carbons (Fsp3) is 0.273. The van der Waals surface area contributed by atoms with Gasteiger partial charge in [0.1, 0.15) is 5.75 Å². The Morgan fingerprint density at radius 1 is 1.62 bits per heavy atom. The lowest BCUT2D eigenvalue weighted by molar-refractivity contribution is 0.0955. The summed E-state index contributed by atoms with van der Waals surface area (Å²) in [4.78, 5) is 11.6. The van der Waals surface area contributed by atoms with Crippen molar-refractivity contribution in [2.45, 2.75) is 13.3 Å². The molecule has 86 valence electrons. The summed E-state index contributed by atoms with van der Waals surface area (Å²) in [6.45, 7) is 1.95. The molecule has 4 nitrogen and oxygen atoms in total. The molecule has 0 aliphatic carbocycles. The summed E-state index contributed by atoms with van der Waals surface area (Å²) in [6, 6.07) is 5.23. The predicted octanol–water partition coefficient (Wildman–Crippen LogP) is 2.43. The average Bonchev–Trinajstić information content (AvgIpc) is 2.29. The summed E-state index contributed by atoms with van der Waals surface area (Å²) in [5.41, 5.74) is 3.02. The van der Waals surface area contributed by atoms with E-state index in [1.807, 2.05) is 6.92 Å². The smallest absolute Gasteiger partial charge is 0.271 e. The van der Waals surface area contributed by atoms with Gasteiger partial charge in [-0.25, -0.2) is 5.43 Å². The van der Waals surface area contributed by atoms with E-state index in [1.165, 1.54) is 0 Å². The Hall–Kier alpha value is -1.11. The van der Waals surface area contributed by atoms with Gasteiger partial charge in [-0.15, -0.1) is 0 Å². The minimum atomic E-state index is -0.217. The van der Waals surface area contributed by atoms with Crippen LogP contribution in [-0.2, 0) is 0 Å². The summed E-state index contributed by atoms with van der Waals surface area (Å²) < 4.78 is 6.00. The van der Waals surface area contributed by atoms with Gasteiger partial charge in [0, 0.05) is 11.8 Å². The molecule has 16 heavy (non-hydrogen) atoms. The summed E-state index contributed by atoms with van der Waals surface area (Å²) in [5, 5.41) is 3.78. The number of nitrogens with zero attached hydrogens (tertiary/aromatic N) is 1. The van der Waals surface area contributed by atoms with E-state index >= 15 is 0 Å². The normalized spacial score (nSPS) is 10.4. The quantitative estimate of drug-likeness (QED) is 0.523. The molecule has 0 fully saturated rings. The largest absolute Gasteiger partial charge is 0.496 e. The van der Waals surface area contributed by atoms with Gasteiger partial charge in [0.05, 0.1) is 10.7 Å². The summed E-state index contributed by atoms with van der Waals surface area (Å²) in [6.07, 6.45) is 2.44. The molecule has 0 atom stereocenters. The van der Waals surface area contributed by atoms with Crippen LogP contribution in [0.25, 0.3) is 0 Å². The molecule has 0 unspecified atom stereocenters. The molecule has 0 saturated heterocycles. The number of carbonyl (C=O) groups is 1. The Morgan fingerprint density at radius 2 is 2.38 bits per heavy atom. The van der Waals surface area contributed by atoms with E-state index in [9.17, 15) is 4.79 Å². The van der Waals surface area contributed by atoms with Gasteiger partial charge in [0.15, 0.2) is 0 Å². The van der Waals surface area contributed by atoms with Gasteiger partial charge >= 0.3 is 0 Å². The van der Waals surface area contributed by atoms with Crippen LogP contribution >= 0.6 is 22.6 Å². The Balaban J connectivity index is 2.77. The Bertz CT molecular complexity index is 405. The molecule has 1 rings (SSSR count). The average molecular weight is 332 g/mol. The minimum absolute atomic E-state index is 0.217. The highest BCUT2D eigenvalue weighted by molar-refractivity contribution is 14.1. The summed E-state index contributed by atoms with van der Waals surface area (Å²) in [5.74, 6) is 0.541. The maximum atomic E-state index is 11.6. The molecule has 0 aliphatic rings. The van der Waals surface area contributed by atoms with Crippen molar-refractivity contribution in [3.63, 3.8) is 0 Å².